The van der Waals surface area contributed by atoms with Crippen LogP contribution in [0.5, 0.6) is 0 Å². The van der Waals surface area contributed by atoms with E-state index in [-0.39, 0.29) is 5.92 Å². The molecule has 3 rings (SSSR count). The molecule has 3 aliphatic rings. The number of hydrogen-bond acceptors (Lipinski definition) is 8. The lowest BCUT2D eigenvalue weighted by molar-refractivity contribution is -0.231. The summed E-state index contributed by atoms with van der Waals surface area (Å²) in [6.07, 6.45) is -3.92. The van der Waals surface area contributed by atoms with Gasteiger partial charge in [0.2, 0.25) is 5.91 Å². The molecule has 0 spiro atoms. The smallest absolute Gasteiger partial charge is 0.325 e. The predicted molar refractivity (Wildman–Crippen MR) is 105 cm³/mol. The SMILES string of the molecule is CC(C)[C@H](NC(=O)[C@H]1O[C@@H]2OC(C)(C)O[C@@H]2[C@H]2OC(C)(C)O[C@H]21)C(=O)N[C@@H](C)C(=O)O. The summed E-state index contributed by atoms with van der Waals surface area (Å²) in [5.74, 6) is -4.55. The van der Waals surface area contributed by atoms with Crippen LogP contribution in [0.15, 0.2) is 0 Å². The summed E-state index contributed by atoms with van der Waals surface area (Å²) in [6, 6.07) is -2.07. The van der Waals surface area contributed by atoms with Gasteiger partial charge in [-0.2, -0.15) is 0 Å². The van der Waals surface area contributed by atoms with Crippen LogP contribution < -0.4 is 10.6 Å². The first-order valence-corrected chi connectivity index (χ1v) is 10.4. The van der Waals surface area contributed by atoms with Crippen molar-refractivity contribution in [1.82, 2.24) is 10.6 Å². The first kappa shape index (κ1) is 23.9. The van der Waals surface area contributed by atoms with E-state index < -0.39 is 72.1 Å². The third kappa shape index (κ3) is 5.01. The van der Waals surface area contributed by atoms with Gasteiger partial charge < -0.3 is 39.4 Å². The van der Waals surface area contributed by atoms with E-state index in [0.717, 1.165) is 0 Å². The van der Waals surface area contributed by atoms with Crippen LogP contribution in [0.25, 0.3) is 0 Å². The van der Waals surface area contributed by atoms with Crippen LogP contribution in [-0.2, 0) is 38.1 Å². The van der Waals surface area contributed by atoms with Gasteiger partial charge in [-0.25, -0.2) is 0 Å². The number of aliphatic carboxylic acids is 1. The predicted octanol–water partition coefficient (Wildman–Crippen LogP) is 0.113. The van der Waals surface area contributed by atoms with Gasteiger partial charge in [-0.3, -0.25) is 14.4 Å². The van der Waals surface area contributed by atoms with Crippen molar-refractivity contribution in [1.29, 1.82) is 0 Å². The Morgan fingerprint density at radius 3 is 1.97 bits per heavy atom. The summed E-state index contributed by atoms with van der Waals surface area (Å²) >= 11 is 0. The number of fused-ring (bicyclic) bond motifs is 3. The molecule has 0 aromatic rings. The van der Waals surface area contributed by atoms with Gasteiger partial charge in [0.1, 0.15) is 30.4 Å². The molecule has 31 heavy (non-hydrogen) atoms. The molecule has 3 fully saturated rings. The van der Waals surface area contributed by atoms with Crippen molar-refractivity contribution in [3.8, 4) is 0 Å². The van der Waals surface area contributed by atoms with Gasteiger partial charge in [-0.05, 0) is 40.5 Å². The highest BCUT2D eigenvalue weighted by atomic mass is 16.9. The number of ether oxygens (including phenoxy) is 5. The maximum atomic E-state index is 13.2. The van der Waals surface area contributed by atoms with Gasteiger partial charge in [0.15, 0.2) is 24.0 Å². The van der Waals surface area contributed by atoms with Crippen molar-refractivity contribution in [2.45, 2.75) is 103 Å². The Kier molecular flexibility index (Phi) is 6.38. The molecule has 0 aromatic heterocycles. The average molecular weight is 444 g/mol. The van der Waals surface area contributed by atoms with Crippen LogP contribution >= 0.6 is 0 Å². The molecule has 3 heterocycles. The fourth-order valence-electron chi connectivity index (χ4n) is 3.96. The van der Waals surface area contributed by atoms with E-state index in [1.165, 1.54) is 6.92 Å². The summed E-state index contributed by atoms with van der Waals surface area (Å²) in [6.45, 7) is 11.8. The average Bonchev–Trinajstić information content (AvgIpc) is 3.11. The maximum absolute atomic E-state index is 13.2. The minimum atomic E-state index is -1.17. The Balaban J connectivity index is 1.77. The van der Waals surface area contributed by atoms with Crippen LogP contribution in [0, 0.1) is 5.92 Å². The zero-order valence-corrected chi connectivity index (χ0v) is 18.8. The van der Waals surface area contributed by atoms with Crippen LogP contribution in [0.3, 0.4) is 0 Å². The van der Waals surface area contributed by atoms with E-state index >= 15 is 0 Å². The van der Waals surface area contributed by atoms with Crippen LogP contribution in [-0.4, -0.2) is 77.3 Å². The summed E-state index contributed by atoms with van der Waals surface area (Å²) in [7, 11) is 0. The fourth-order valence-corrected chi connectivity index (χ4v) is 3.96. The first-order valence-electron chi connectivity index (χ1n) is 10.4. The molecule has 0 radical (unpaired) electrons. The Bertz CT molecular complexity index is 738. The van der Waals surface area contributed by atoms with E-state index in [2.05, 4.69) is 10.6 Å². The number of hydrogen-bond donors (Lipinski definition) is 3. The standard InChI is InChI=1S/C20H32N2O9/c1-8(2)10(15(23)21-9(3)17(25)26)22-16(24)13-11-12(29-19(4,5)28-11)14-18(27-13)31-20(6,7)30-14/h8-14,18H,1-7H3,(H,21,23)(H,22,24)(H,25,26)/t9-,10-,11+,12-,13-,14+,18+/m0/s1. The number of carboxylic acids is 1. The molecule has 176 valence electrons. The normalized spacial score (nSPS) is 35.0. The second kappa shape index (κ2) is 8.28. The van der Waals surface area contributed by atoms with Gasteiger partial charge in [-0.1, -0.05) is 13.8 Å². The second-order valence-electron chi connectivity index (χ2n) is 9.39. The van der Waals surface area contributed by atoms with Crippen molar-refractivity contribution in [3.05, 3.63) is 0 Å². The van der Waals surface area contributed by atoms with Crippen LogP contribution in [0.4, 0.5) is 0 Å². The van der Waals surface area contributed by atoms with E-state index in [1.807, 2.05) is 0 Å². The molecule has 11 nitrogen and oxygen atoms in total. The Morgan fingerprint density at radius 1 is 0.839 bits per heavy atom. The molecule has 0 bridgehead atoms. The van der Waals surface area contributed by atoms with Crippen molar-refractivity contribution in [3.63, 3.8) is 0 Å². The van der Waals surface area contributed by atoms with Crippen molar-refractivity contribution < 1.29 is 43.2 Å². The molecule has 3 N–H and O–H groups in total. The highest BCUT2D eigenvalue weighted by Crippen LogP contribution is 2.44. The summed E-state index contributed by atoms with van der Waals surface area (Å²) < 4.78 is 29.5. The summed E-state index contributed by atoms with van der Waals surface area (Å²) in [5, 5.41) is 14.1. The molecular weight excluding hydrogens is 412 g/mol. The minimum Gasteiger partial charge on any atom is -0.480 e. The summed E-state index contributed by atoms with van der Waals surface area (Å²) in [4.78, 5) is 36.8. The number of rotatable bonds is 6. The first-order chi connectivity index (χ1) is 14.2. The zero-order chi connectivity index (χ0) is 23.3. The van der Waals surface area contributed by atoms with Crippen LogP contribution in [0.1, 0.15) is 48.5 Å². The number of nitrogens with one attached hydrogen (secondary N) is 2. The summed E-state index contributed by atoms with van der Waals surface area (Å²) in [5.41, 5.74) is 0. The van der Waals surface area contributed by atoms with E-state index in [4.69, 9.17) is 28.8 Å². The zero-order valence-electron chi connectivity index (χ0n) is 18.8. The van der Waals surface area contributed by atoms with Gasteiger partial charge in [0.25, 0.3) is 5.91 Å². The lowest BCUT2D eigenvalue weighted by Crippen LogP contribution is -2.62. The van der Waals surface area contributed by atoms with Gasteiger partial charge in [0.05, 0.1) is 0 Å². The molecular formula is C20H32N2O9. The Morgan fingerprint density at radius 2 is 1.39 bits per heavy atom. The maximum Gasteiger partial charge on any atom is 0.325 e. The molecule has 3 saturated heterocycles. The van der Waals surface area contributed by atoms with Gasteiger partial charge >= 0.3 is 5.97 Å². The monoisotopic (exact) mass is 444 g/mol. The third-order valence-corrected chi connectivity index (χ3v) is 5.39. The molecule has 3 aliphatic heterocycles. The van der Waals surface area contributed by atoms with E-state index in [0.29, 0.717) is 0 Å². The number of amides is 2. The van der Waals surface area contributed by atoms with Crippen molar-refractivity contribution in [2.24, 2.45) is 5.92 Å². The minimum absolute atomic E-state index is 0.306. The Hall–Kier alpha value is -1.79. The number of carboxylic acid groups (broad SMARTS) is 1. The van der Waals surface area contributed by atoms with Crippen molar-refractivity contribution in [2.75, 3.05) is 0 Å². The fraction of sp³-hybridized carbons (Fsp3) is 0.850. The quantitative estimate of drug-likeness (QED) is 0.520. The van der Waals surface area contributed by atoms with E-state index in [9.17, 15) is 14.4 Å². The molecule has 0 saturated carbocycles. The largest absolute Gasteiger partial charge is 0.480 e. The third-order valence-electron chi connectivity index (χ3n) is 5.39. The molecule has 0 aliphatic carbocycles. The Labute approximate surface area is 181 Å². The topological polar surface area (TPSA) is 142 Å². The highest BCUT2D eigenvalue weighted by molar-refractivity contribution is 5.91. The molecule has 2 amide bonds. The molecule has 11 heteroatoms. The number of carbonyl (C=O) groups is 3. The van der Waals surface area contributed by atoms with Crippen molar-refractivity contribution >= 4 is 17.8 Å². The number of carbonyl (C=O) groups excluding carboxylic acids is 2. The van der Waals surface area contributed by atoms with Gasteiger partial charge in [0, 0.05) is 0 Å². The van der Waals surface area contributed by atoms with Gasteiger partial charge in [-0.15, -0.1) is 0 Å². The lowest BCUT2D eigenvalue weighted by atomic mass is 9.97. The lowest BCUT2D eigenvalue weighted by Gasteiger charge is -2.37. The highest BCUT2D eigenvalue weighted by Gasteiger charge is 2.62. The van der Waals surface area contributed by atoms with Crippen LogP contribution in [0.2, 0.25) is 0 Å². The molecule has 7 atom stereocenters. The second-order valence-corrected chi connectivity index (χ2v) is 9.39. The molecule has 0 unspecified atom stereocenters. The van der Waals surface area contributed by atoms with E-state index in [1.54, 1.807) is 41.5 Å². The molecule has 0 aromatic carbocycles.